The number of aliphatic hydroxyl groups excluding tert-OH is 1. The smallest absolute Gasteiger partial charge is 0.391 e. The summed E-state index contributed by atoms with van der Waals surface area (Å²) in [6.45, 7) is 3.30. The summed E-state index contributed by atoms with van der Waals surface area (Å²) in [7, 11) is 1.71. The molecule has 6 heterocycles. The highest BCUT2D eigenvalue weighted by atomic mass is 19.4. The Morgan fingerprint density at radius 3 is 2.54 bits per heavy atom. The molecule has 4 aromatic heterocycles. The van der Waals surface area contributed by atoms with Gasteiger partial charge in [0, 0.05) is 52.1 Å². The van der Waals surface area contributed by atoms with Gasteiger partial charge in [-0.3, -0.25) is 33.5 Å². The number of piperidine rings is 2. The molecule has 3 atom stereocenters. The van der Waals surface area contributed by atoms with Crippen molar-refractivity contribution in [2.75, 3.05) is 36.9 Å². The Bertz CT molecular complexity index is 2600. The van der Waals surface area contributed by atoms with Crippen molar-refractivity contribution in [2.45, 2.75) is 126 Å². The van der Waals surface area contributed by atoms with E-state index in [0.717, 1.165) is 82.1 Å². The number of carbonyl (C=O) groups is 3. The molecule has 0 radical (unpaired) electrons. The van der Waals surface area contributed by atoms with Gasteiger partial charge in [-0.25, -0.2) is 14.3 Å². The van der Waals surface area contributed by atoms with Crippen LogP contribution in [-0.2, 0) is 34.0 Å². The van der Waals surface area contributed by atoms with E-state index in [0.29, 0.717) is 49.5 Å². The summed E-state index contributed by atoms with van der Waals surface area (Å²) in [6, 6.07) is 6.26. The minimum Gasteiger partial charge on any atom is -0.391 e. The van der Waals surface area contributed by atoms with E-state index in [4.69, 9.17) is 4.74 Å². The number of rotatable bonds is 13. The molecule has 9 rings (SSSR count). The lowest BCUT2D eigenvalue weighted by molar-refractivity contribution is -0.141. The zero-order valence-corrected chi connectivity index (χ0v) is 36.4. The van der Waals surface area contributed by atoms with Crippen LogP contribution < -0.4 is 21.6 Å². The fourth-order valence-corrected chi connectivity index (χ4v) is 10.3. The van der Waals surface area contributed by atoms with Crippen LogP contribution in [0.5, 0.6) is 0 Å². The minimum atomic E-state index is -4.79. The van der Waals surface area contributed by atoms with Crippen molar-refractivity contribution in [3.8, 4) is 0 Å². The summed E-state index contributed by atoms with van der Waals surface area (Å²) in [5.41, 5.74) is 0.793. The summed E-state index contributed by atoms with van der Waals surface area (Å²) in [6.07, 6.45) is 9.16. The van der Waals surface area contributed by atoms with Crippen molar-refractivity contribution in [3.05, 3.63) is 70.2 Å². The Kier molecular flexibility index (Phi) is 12.8. The van der Waals surface area contributed by atoms with Crippen molar-refractivity contribution in [3.63, 3.8) is 0 Å². The van der Waals surface area contributed by atoms with Gasteiger partial charge in [0.15, 0.2) is 11.3 Å². The van der Waals surface area contributed by atoms with Crippen molar-refractivity contribution in [1.29, 1.82) is 0 Å². The molecule has 0 bridgehead atoms. The number of amides is 3. The van der Waals surface area contributed by atoms with Crippen LogP contribution in [-0.4, -0.2) is 106 Å². The topological polar surface area (TPSA) is 195 Å². The number of para-hydroxylation sites is 1. The van der Waals surface area contributed by atoms with Crippen LogP contribution in [0.25, 0.3) is 16.7 Å². The number of imide groups is 1. The molecule has 2 aliphatic carbocycles. The fraction of sp³-hybridized carbons (Fsp3) is 0.578. The third kappa shape index (κ3) is 9.56. The SMILES string of the molecule is Cn1c(=O)n(C2CCC(=O)NC2=O)c2cccc(CCCOC3CCN(C[C@H]4CC[C@H](n5cc(NC(=O)c6cnn7ccc(N[C@@H]8CCCC[C@@H]8O)nc67)c(C(F)(F)F)n5)CC4)CC3)c21. The maximum Gasteiger partial charge on any atom is 0.437 e. The molecule has 5 aromatic rings. The molecule has 20 heteroatoms. The lowest BCUT2D eigenvalue weighted by atomic mass is 9.85. The molecule has 348 valence electrons. The molecule has 1 unspecified atom stereocenters. The normalized spacial score (nSPS) is 23.9. The van der Waals surface area contributed by atoms with Crippen LogP contribution in [0.4, 0.5) is 24.7 Å². The van der Waals surface area contributed by atoms with Gasteiger partial charge in [0.25, 0.3) is 5.91 Å². The number of aliphatic hydroxyl groups is 1. The van der Waals surface area contributed by atoms with E-state index >= 15 is 0 Å². The molecule has 0 spiro atoms. The molecule has 65 heavy (non-hydrogen) atoms. The van der Waals surface area contributed by atoms with E-state index in [1.807, 2.05) is 18.2 Å². The van der Waals surface area contributed by atoms with Gasteiger partial charge >= 0.3 is 11.9 Å². The number of aryl methyl sites for hydroxylation is 2. The zero-order valence-electron chi connectivity index (χ0n) is 36.4. The first-order valence-corrected chi connectivity index (χ1v) is 22.9. The van der Waals surface area contributed by atoms with Crippen LogP contribution in [0, 0.1) is 5.92 Å². The van der Waals surface area contributed by atoms with Gasteiger partial charge in [0.2, 0.25) is 11.8 Å². The molecule has 4 N–H and O–H groups in total. The zero-order chi connectivity index (χ0) is 45.4. The Hall–Kier alpha value is -5.60. The van der Waals surface area contributed by atoms with Crippen LogP contribution in [0.2, 0.25) is 0 Å². The first-order chi connectivity index (χ1) is 31.3. The van der Waals surface area contributed by atoms with Gasteiger partial charge in [-0.05, 0) is 94.2 Å². The summed E-state index contributed by atoms with van der Waals surface area (Å²) in [5.74, 6) is -0.718. The molecule has 2 aliphatic heterocycles. The number of halogens is 3. The van der Waals surface area contributed by atoms with Gasteiger partial charge in [-0.2, -0.15) is 23.4 Å². The van der Waals surface area contributed by atoms with Gasteiger partial charge in [0.05, 0.1) is 47.2 Å². The van der Waals surface area contributed by atoms with Crippen LogP contribution in [0.1, 0.15) is 117 Å². The number of aromatic nitrogens is 7. The largest absolute Gasteiger partial charge is 0.437 e. The third-order valence-corrected chi connectivity index (χ3v) is 13.8. The molecule has 1 aromatic carbocycles. The number of imidazole rings is 1. The number of benzene rings is 1. The van der Waals surface area contributed by atoms with Crippen LogP contribution >= 0.6 is 0 Å². The molecule has 2 saturated heterocycles. The molecule has 4 fully saturated rings. The third-order valence-electron chi connectivity index (χ3n) is 13.8. The molecular weight excluding hydrogens is 848 g/mol. The number of hydrogen-bond donors (Lipinski definition) is 4. The minimum absolute atomic E-state index is 0.0105. The van der Waals surface area contributed by atoms with Crippen LogP contribution in [0.15, 0.2) is 47.7 Å². The Balaban J connectivity index is 0.738. The summed E-state index contributed by atoms with van der Waals surface area (Å²) >= 11 is 0. The Labute approximate surface area is 372 Å². The van der Waals surface area contributed by atoms with E-state index in [9.17, 15) is 37.5 Å². The number of ether oxygens (including phenoxy) is 1. The summed E-state index contributed by atoms with van der Waals surface area (Å²) < 4.78 is 55.1. The van der Waals surface area contributed by atoms with E-state index in [2.05, 4.69) is 36.0 Å². The van der Waals surface area contributed by atoms with Gasteiger partial charge in [-0.1, -0.05) is 25.0 Å². The van der Waals surface area contributed by atoms with Crippen molar-refractivity contribution >= 4 is 45.9 Å². The first kappa shape index (κ1) is 44.6. The summed E-state index contributed by atoms with van der Waals surface area (Å²) in [5, 5.41) is 26.6. The van der Waals surface area contributed by atoms with E-state index < -0.39 is 41.5 Å². The molecule has 17 nitrogen and oxygen atoms in total. The second-order valence-corrected chi connectivity index (χ2v) is 18.2. The maximum absolute atomic E-state index is 14.3. The Morgan fingerprint density at radius 2 is 1.78 bits per heavy atom. The Morgan fingerprint density at radius 1 is 1.00 bits per heavy atom. The lowest BCUT2D eigenvalue weighted by Crippen LogP contribution is -2.44. The molecule has 3 amide bonds. The van der Waals surface area contributed by atoms with Gasteiger partial charge in [0.1, 0.15) is 17.4 Å². The molecule has 2 saturated carbocycles. The van der Waals surface area contributed by atoms with E-state index in [1.165, 1.54) is 26.2 Å². The second-order valence-electron chi connectivity index (χ2n) is 18.2. The number of anilines is 2. The van der Waals surface area contributed by atoms with E-state index in [1.54, 1.807) is 23.9 Å². The highest BCUT2D eigenvalue weighted by Gasteiger charge is 2.40. The highest BCUT2D eigenvalue weighted by Crippen LogP contribution is 2.38. The van der Waals surface area contributed by atoms with Crippen molar-refractivity contribution in [1.82, 2.24) is 43.7 Å². The summed E-state index contributed by atoms with van der Waals surface area (Å²) in [4.78, 5) is 58.1. The standard InChI is InChI=1S/C45H56F3N11O6/c1-55-39-28(6-4-9-34(39)59(44(55)64)35-15-16-38(61)53-43(35)63)7-5-23-65-30-17-20-56(21-18-30)25-27-11-13-29(14-12-27)58-26-33(40(54-58)45(46,47)48)51-42(62)31-24-49-57-22-19-37(52-41(31)57)50-32-8-2-3-10-36(32)60/h4,6,9,19,22,24,26-27,29-30,32,35-36,60H,2-3,5,7-8,10-18,20-21,23,25H2,1H3,(H,50,52)(H,51,62)(H,53,61,63)/t27-,29-,32-,35?,36+/m1/s1. The van der Waals surface area contributed by atoms with Crippen LogP contribution in [0.3, 0.4) is 0 Å². The number of likely N-dealkylation sites (tertiary alicyclic amines) is 1. The average Bonchev–Trinajstić information content (AvgIpc) is 3.98. The van der Waals surface area contributed by atoms with Gasteiger partial charge in [-0.15, -0.1) is 0 Å². The molecule has 4 aliphatic rings. The monoisotopic (exact) mass is 903 g/mol. The van der Waals surface area contributed by atoms with Crippen molar-refractivity contribution in [2.24, 2.45) is 13.0 Å². The first-order valence-electron chi connectivity index (χ1n) is 22.9. The number of hydrogen-bond acceptors (Lipinski definition) is 11. The number of alkyl halides is 3. The average molecular weight is 904 g/mol. The van der Waals surface area contributed by atoms with Crippen molar-refractivity contribution < 1.29 is 37.4 Å². The predicted octanol–water partition coefficient (Wildman–Crippen LogP) is 5.39. The fourth-order valence-electron chi connectivity index (χ4n) is 10.3. The van der Waals surface area contributed by atoms with Gasteiger partial charge < -0.3 is 25.4 Å². The number of nitrogens with one attached hydrogen (secondary N) is 3. The number of carbonyl (C=O) groups excluding carboxylic acids is 3. The van der Waals surface area contributed by atoms with E-state index in [-0.39, 0.29) is 53.8 Å². The predicted molar refractivity (Wildman–Crippen MR) is 233 cm³/mol. The molecular formula is C45H56F3N11O6. The second kappa shape index (κ2) is 18.7. The number of nitrogens with zero attached hydrogens (tertiary/aromatic N) is 8. The maximum atomic E-state index is 14.3. The lowest BCUT2D eigenvalue weighted by Gasteiger charge is -2.36. The highest BCUT2D eigenvalue weighted by molar-refractivity contribution is 6.08. The quantitative estimate of drug-likeness (QED) is 0.0875. The number of fused-ring (bicyclic) bond motifs is 2.